The summed E-state index contributed by atoms with van der Waals surface area (Å²) in [6.07, 6.45) is -0.511. The predicted octanol–water partition coefficient (Wildman–Crippen LogP) is 2.79. The zero-order chi connectivity index (χ0) is 12.7. The van der Waals surface area contributed by atoms with E-state index in [0.717, 1.165) is 17.9 Å². The first-order chi connectivity index (χ1) is 8.11. The molecule has 0 saturated carbocycles. The molecule has 0 fully saturated rings. The number of ether oxygens (including phenoxy) is 2. The Morgan fingerprint density at radius 2 is 1.82 bits per heavy atom. The summed E-state index contributed by atoms with van der Waals surface area (Å²) >= 11 is 0. The van der Waals surface area contributed by atoms with E-state index in [2.05, 4.69) is 13.8 Å². The van der Waals surface area contributed by atoms with E-state index in [1.807, 2.05) is 24.3 Å². The molecule has 0 heterocycles. The SMILES string of the molecule is CC(C)COCCOc1ccccc1C(C)O. The summed E-state index contributed by atoms with van der Waals surface area (Å²) in [7, 11) is 0. The van der Waals surface area contributed by atoms with Crippen molar-refractivity contribution in [3.05, 3.63) is 29.8 Å². The van der Waals surface area contributed by atoms with E-state index in [4.69, 9.17) is 9.47 Å². The molecular weight excluding hydrogens is 216 g/mol. The minimum atomic E-state index is -0.511. The van der Waals surface area contributed by atoms with Crippen molar-refractivity contribution in [3.8, 4) is 5.75 Å². The van der Waals surface area contributed by atoms with Crippen molar-refractivity contribution >= 4 is 0 Å². The minimum absolute atomic E-state index is 0.510. The summed E-state index contributed by atoms with van der Waals surface area (Å²) in [5.74, 6) is 1.27. The molecule has 96 valence electrons. The number of benzene rings is 1. The second kappa shape index (κ2) is 7.30. The summed E-state index contributed by atoms with van der Waals surface area (Å²) in [6.45, 7) is 7.80. The zero-order valence-corrected chi connectivity index (χ0v) is 10.8. The highest BCUT2D eigenvalue weighted by molar-refractivity contribution is 5.34. The van der Waals surface area contributed by atoms with Crippen LogP contribution in [-0.4, -0.2) is 24.9 Å². The van der Waals surface area contributed by atoms with E-state index in [-0.39, 0.29) is 0 Å². The maximum Gasteiger partial charge on any atom is 0.125 e. The Morgan fingerprint density at radius 3 is 2.47 bits per heavy atom. The molecule has 0 spiro atoms. The van der Waals surface area contributed by atoms with Gasteiger partial charge in [-0.3, -0.25) is 0 Å². The van der Waals surface area contributed by atoms with Crippen LogP contribution in [0.3, 0.4) is 0 Å². The number of hydrogen-bond donors (Lipinski definition) is 1. The lowest BCUT2D eigenvalue weighted by Gasteiger charge is -2.13. The smallest absolute Gasteiger partial charge is 0.125 e. The molecule has 0 amide bonds. The van der Waals surface area contributed by atoms with Crippen molar-refractivity contribution in [2.24, 2.45) is 5.92 Å². The average Bonchev–Trinajstić information content (AvgIpc) is 2.28. The molecule has 1 aromatic rings. The average molecular weight is 238 g/mol. The van der Waals surface area contributed by atoms with Gasteiger partial charge in [-0.25, -0.2) is 0 Å². The third-order valence-corrected chi connectivity index (χ3v) is 2.31. The van der Waals surface area contributed by atoms with Gasteiger partial charge >= 0.3 is 0 Å². The van der Waals surface area contributed by atoms with Crippen LogP contribution in [0.2, 0.25) is 0 Å². The molecule has 1 unspecified atom stereocenters. The van der Waals surface area contributed by atoms with Gasteiger partial charge in [0.05, 0.1) is 12.7 Å². The number of aliphatic hydroxyl groups is 1. The Hall–Kier alpha value is -1.06. The Balaban J connectivity index is 2.36. The Labute approximate surface area is 103 Å². The van der Waals surface area contributed by atoms with Crippen molar-refractivity contribution in [3.63, 3.8) is 0 Å². The molecular formula is C14H22O3. The molecule has 1 aromatic carbocycles. The van der Waals surface area contributed by atoms with Gasteiger partial charge < -0.3 is 14.6 Å². The van der Waals surface area contributed by atoms with E-state index < -0.39 is 6.10 Å². The van der Waals surface area contributed by atoms with Crippen LogP contribution in [0.1, 0.15) is 32.4 Å². The molecule has 0 aliphatic heterocycles. The monoisotopic (exact) mass is 238 g/mol. The summed E-state index contributed by atoms with van der Waals surface area (Å²) < 4.78 is 11.0. The Morgan fingerprint density at radius 1 is 1.12 bits per heavy atom. The highest BCUT2D eigenvalue weighted by atomic mass is 16.5. The maximum atomic E-state index is 9.57. The van der Waals surface area contributed by atoms with Crippen LogP contribution in [0.4, 0.5) is 0 Å². The van der Waals surface area contributed by atoms with Gasteiger partial charge in [0, 0.05) is 12.2 Å². The third-order valence-electron chi connectivity index (χ3n) is 2.31. The van der Waals surface area contributed by atoms with Crippen LogP contribution >= 0.6 is 0 Å². The summed E-state index contributed by atoms with van der Waals surface area (Å²) in [5, 5.41) is 9.57. The van der Waals surface area contributed by atoms with E-state index in [0.29, 0.717) is 19.1 Å². The second-order valence-corrected chi connectivity index (χ2v) is 4.53. The van der Waals surface area contributed by atoms with Gasteiger partial charge in [-0.05, 0) is 18.9 Å². The van der Waals surface area contributed by atoms with Crippen LogP contribution in [0.5, 0.6) is 5.75 Å². The number of hydrogen-bond acceptors (Lipinski definition) is 3. The summed E-state index contributed by atoms with van der Waals surface area (Å²) in [6, 6.07) is 7.53. The van der Waals surface area contributed by atoms with E-state index >= 15 is 0 Å². The van der Waals surface area contributed by atoms with Crippen LogP contribution in [0, 0.1) is 5.92 Å². The first-order valence-electron chi connectivity index (χ1n) is 6.08. The molecule has 1 rings (SSSR count). The van der Waals surface area contributed by atoms with Gasteiger partial charge in [-0.2, -0.15) is 0 Å². The number of rotatable bonds is 7. The van der Waals surface area contributed by atoms with E-state index in [1.165, 1.54) is 0 Å². The van der Waals surface area contributed by atoms with Crippen LogP contribution in [0.15, 0.2) is 24.3 Å². The molecule has 0 saturated heterocycles. The molecule has 3 heteroatoms. The second-order valence-electron chi connectivity index (χ2n) is 4.53. The van der Waals surface area contributed by atoms with Gasteiger partial charge in [0.2, 0.25) is 0 Å². The molecule has 0 radical (unpaired) electrons. The fraction of sp³-hybridized carbons (Fsp3) is 0.571. The fourth-order valence-corrected chi connectivity index (χ4v) is 1.49. The third kappa shape index (κ3) is 5.20. The first-order valence-corrected chi connectivity index (χ1v) is 6.08. The lowest BCUT2D eigenvalue weighted by Crippen LogP contribution is -2.11. The number of aliphatic hydroxyl groups excluding tert-OH is 1. The molecule has 0 bridgehead atoms. The molecule has 1 atom stereocenters. The van der Waals surface area contributed by atoms with Crippen molar-refractivity contribution in [1.82, 2.24) is 0 Å². The lowest BCUT2D eigenvalue weighted by atomic mass is 10.1. The maximum absolute atomic E-state index is 9.57. The van der Waals surface area contributed by atoms with E-state index in [1.54, 1.807) is 6.92 Å². The molecule has 0 aliphatic carbocycles. The number of para-hydroxylation sites is 1. The molecule has 0 aliphatic rings. The summed E-state index contributed by atoms with van der Waals surface area (Å²) in [5.41, 5.74) is 0.816. The minimum Gasteiger partial charge on any atom is -0.491 e. The van der Waals surface area contributed by atoms with Crippen LogP contribution in [-0.2, 0) is 4.74 Å². The highest BCUT2D eigenvalue weighted by Crippen LogP contribution is 2.24. The van der Waals surface area contributed by atoms with Crippen molar-refractivity contribution in [2.75, 3.05) is 19.8 Å². The van der Waals surface area contributed by atoms with Crippen molar-refractivity contribution < 1.29 is 14.6 Å². The van der Waals surface area contributed by atoms with Gasteiger partial charge in [-0.15, -0.1) is 0 Å². The quantitative estimate of drug-likeness (QED) is 0.742. The van der Waals surface area contributed by atoms with Gasteiger partial charge in [-0.1, -0.05) is 32.0 Å². The lowest BCUT2D eigenvalue weighted by molar-refractivity contribution is 0.0805. The molecule has 0 aromatic heterocycles. The van der Waals surface area contributed by atoms with Gasteiger partial charge in [0.1, 0.15) is 12.4 Å². The Bertz CT molecular complexity index is 321. The van der Waals surface area contributed by atoms with Crippen molar-refractivity contribution in [1.29, 1.82) is 0 Å². The topological polar surface area (TPSA) is 38.7 Å². The van der Waals surface area contributed by atoms with Gasteiger partial charge in [0.15, 0.2) is 0 Å². The predicted molar refractivity (Wildman–Crippen MR) is 68.2 cm³/mol. The van der Waals surface area contributed by atoms with Gasteiger partial charge in [0.25, 0.3) is 0 Å². The normalized spacial score (nSPS) is 12.8. The molecule has 3 nitrogen and oxygen atoms in total. The van der Waals surface area contributed by atoms with Crippen LogP contribution in [0.25, 0.3) is 0 Å². The van der Waals surface area contributed by atoms with Crippen LogP contribution < -0.4 is 4.74 Å². The van der Waals surface area contributed by atoms with E-state index in [9.17, 15) is 5.11 Å². The molecule has 1 N–H and O–H groups in total. The Kier molecular flexibility index (Phi) is 6.01. The standard InChI is InChI=1S/C14H22O3/c1-11(2)10-16-8-9-17-14-7-5-4-6-13(14)12(3)15/h4-7,11-12,15H,8-10H2,1-3H3. The van der Waals surface area contributed by atoms with Crippen molar-refractivity contribution in [2.45, 2.75) is 26.9 Å². The molecule has 17 heavy (non-hydrogen) atoms. The first kappa shape index (κ1) is 14.0. The largest absolute Gasteiger partial charge is 0.491 e. The fourth-order valence-electron chi connectivity index (χ4n) is 1.49. The highest BCUT2D eigenvalue weighted by Gasteiger charge is 2.07. The zero-order valence-electron chi connectivity index (χ0n) is 10.8. The summed E-state index contributed by atoms with van der Waals surface area (Å²) in [4.78, 5) is 0.